The molecular formula is C16H21ClN4O3S. The molecule has 0 unspecified atom stereocenters. The monoisotopic (exact) mass is 384 g/mol. The smallest absolute Gasteiger partial charge is 0.264 e. The number of phenols is 1. The molecule has 3 rings (SSSR count). The number of aliphatic imine (C=N–C) groups is 1. The zero-order chi connectivity index (χ0) is 18.1. The number of phenolic OH excluding ortho intramolecular Hbond substituents is 1. The molecule has 1 fully saturated rings. The molecule has 1 aliphatic heterocycles. The Morgan fingerprint density at radius 1 is 1.44 bits per heavy atom. The average Bonchev–Trinajstić information content (AvgIpc) is 3.20. The van der Waals surface area contributed by atoms with Gasteiger partial charge in [0.2, 0.25) is 5.96 Å². The maximum Gasteiger partial charge on any atom is 0.264 e. The molecule has 1 aromatic carbocycles. The van der Waals surface area contributed by atoms with Crippen LogP contribution in [0.15, 0.2) is 33.2 Å². The van der Waals surface area contributed by atoms with Crippen molar-refractivity contribution in [1.82, 2.24) is 9.73 Å². The van der Waals surface area contributed by atoms with E-state index in [0.717, 1.165) is 25.7 Å². The van der Waals surface area contributed by atoms with Gasteiger partial charge in [0.1, 0.15) is 5.75 Å². The highest BCUT2D eigenvalue weighted by atomic mass is 35.5. The van der Waals surface area contributed by atoms with Crippen molar-refractivity contribution in [2.45, 2.75) is 37.5 Å². The molecule has 25 heavy (non-hydrogen) atoms. The van der Waals surface area contributed by atoms with Crippen LogP contribution in [0.1, 0.15) is 32.6 Å². The van der Waals surface area contributed by atoms with Crippen molar-refractivity contribution in [2.75, 3.05) is 13.1 Å². The fourth-order valence-corrected chi connectivity index (χ4v) is 4.51. The molecule has 7 nitrogen and oxygen atoms in total. The number of rotatable bonds is 3. The van der Waals surface area contributed by atoms with Crippen LogP contribution in [0.5, 0.6) is 5.75 Å². The molecule has 0 radical (unpaired) electrons. The molecule has 1 spiro atoms. The minimum absolute atomic E-state index is 0.0269. The van der Waals surface area contributed by atoms with Crippen LogP contribution < -0.4 is 4.72 Å². The normalized spacial score (nSPS) is 19.8. The molecule has 136 valence electrons. The van der Waals surface area contributed by atoms with Gasteiger partial charge in [0, 0.05) is 18.2 Å². The first-order chi connectivity index (χ1) is 11.9. The summed E-state index contributed by atoms with van der Waals surface area (Å²) in [5.74, 6) is 0.0297. The largest absolute Gasteiger partial charge is 0.506 e. The lowest BCUT2D eigenvalue weighted by Gasteiger charge is -2.23. The zero-order valence-corrected chi connectivity index (χ0v) is 15.5. The number of aromatic hydroxyl groups is 1. The van der Waals surface area contributed by atoms with Gasteiger partial charge in [-0.2, -0.15) is 5.10 Å². The second kappa shape index (κ2) is 6.84. The third-order valence-corrected chi connectivity index (χ3v) is 6.17. The Morgan fingerprint density at radius 2 is 2.16 bits per heavy atom. The number of hydrogen-bond acceptors (Lipinski definition) is 5. The number of nitrogens with zero attached hydrogens (tertiary/aromatic N) is 3. The van der Waals surface area contributed by atoms with E-state index in [4.69, 9.17) is 11.6 Å². The SMILES string of the molecule is CCN=C(NS(=O)(=O)c1ccc(O)c(Cl)c1)N1CC2(C=N1)CCCC2. The maximum atomic E-state index is 12.6. The summed E-state index contributed by atoms with van der Waals surface area (Å²) in [6.45, 7) is 2.88. The first-order valence-corrected chi connectivity index (χ1v) is 10.1. The summed E-state index contributed by atoms with van der Waals surface area (Å²) in [5.41, 5.74) is 0.0296. The summed E-state index contributed by atoms with van der Waals surface area (Å²) in [6, 6.07) is 3.74. The van der Waals surface area contributed by atoms with Crippen molar-refractivity contribution in [3.05, 3.63) is 23.2 Å². The quantitative estimate of drug-likeness (QED) is 0.618. The van der Waals surface area contributed by atoms with Crippen LogP contribution in [0.2, 0.25) is 5.02 Å². The van der Waals surface area contributed by atoms with Crippen molar-refractivity contribution >= 4 is 33.8 Å². The van der Waals surface area contributed by atoms with E-state index in [-0.39, 0.29) is 27.0 Å². The van der Waals surface area contributed by atoms with Crippen LogP contribution in [0.25, 0.3) is 0 Å². The molecule has 1 aromatic rings. The Kier molecular flexibility index (Phi) is 4.92. The first-order valence-electron chi connectivity index (χ1n) is 8.24. The van der Waals surface area contributed by atoms with Crippen LogP contribution in [0.3, 0.4) is 0 Å². The number of hydrogen-bond donors (Lipinski definition) is 2. The van der Waals surface area contributed by atoms with Crippen LogP contribution in [-0.2, 0) is 10.0 Å². The van der Waals surface area contributed by atoms with E-state index in [2.05, 4.69) is 14.8 Å². The number of halogens is 1. The number of benzene rings is 1. The summed E-state index contributed by atoms with van der Waals surface area (Å²) >= 11 is 5.82. The Labute approximate surface area is 152 Å². The van der Waals surface area contributed by atoms with E-state index < -0.39 is 10.0 Å². The minimum Gasteiger partial charge on any atom is -0.506 e. The number of guanidine groups is 1. The van der Waals surface area contributed by atoms with Gasteiger partial charge >= 0.3 is 0 Å². The Hall–Kier alpha value is -1.80. The minimum atomic E-state index is -3.89. The molecule has 0 atom stereocenters. The summed E-state index contributed by atoms with van der Waals surface area (Å²) in [6.07, 6.45) is 6.38. The molecule has 1 heterocycles. The molecule has 2 N–H and O–H groups in total. The second-order valence-electron chi connectivity index (χ2n) is 6.39. The third-order valence-electron chi connectivity index (χ3n) is 4.54. The van der Waals surface area contributed by atoms with Crippen molar-refractivity contribution in [3.8, 4) is 5.75 Å². The molecular weight excluding hydrogens is 364 g/mol. The van der Waals surface area contributed by atoms with Crippen LogP contribution in [0, 0.1) is 5.41 Å². The van der Waals surface area contributed by atoms with Crippen molar-refractivity contribution in [1.29, 1.82) is 0 Å². The van der Waals surface area contributed by atoms with Gasteiger partial charge in [-0.25, -0.2) is 18.1 Å². The topological polar surface area (TPSA) is 94.4 Å². The standard InChI is InChI=1S/C16H21ClN4O3S/c1-2-18-15(21-11-16(10-19-21)7-3-4-8-16)20-25(23,24)12-5-6-14(22)13(17)9-12/h5-6,9-10,22H,2-4,7-8,11H2,1H3,(H,18,20). The van der Waals surface area contributed by atoms with E-state index in [1.807, 2.05) is 13.1 Å². The van der Waals surface area contributed by atoms with Gasteiger partial charge in [-0.1, -0.05) is 24.4 Å². The number of sulfonamides is 1. The Bertz CT molecular complexity index is 817. The maximum absolute atomic E-state index is 12.6. The van der Waals surface area contributed by atoms with E-state index in [0.29, 0.717) is 13.1 Å². The van der Waals surface area contributed by atoms with Gasteiger partial charge < -0.3 is 5.11 Å². The summed E-state index contributed by atoms with van der Waals surface area (Å²) in [7, 11) is -3.89. The molecule has 1 saturated carbocycles. The van der Waals surface area contributed by atoms with E-state index in [9.17, 15) is 13.5 Å². The van der Waals surface area contributed by atoms with Crippen LogP contribution >= 0.6 is 11.6 Å². The number of hydrazone groups is 1. The van der Waals surface area contributed by atoms with E-state index in [1.165, 1.54) is 18.2 Å². The van der Waals surface area contributed by atoms with Gasteiger partial charge in [0.05, 0.1) is 16.5 Å². The molecule has 2 aliphatic rings. The van der Waals surface area contributed by atoms with Gasteiger partial charge in [0.25, 0.3) is 10.0 Å². The Balaban J connectivity index is 1.81. The number of nitrogens with one attached hydrogen (secondary N) is 1. The highest BCUT2D eigenvalue weighted by Gasteiger charge is 2.39. The lowest BCUT2D eigenvalue weighted by Crippen LogP contribution is -2.42. The lowest BCUT2D eigenvalue weighted by molar-refractivity contribution is 0.342. The van der Waals surface area contributed by atoms with Crippen molar-refractivity contribution in [2.24, 2.45) is 15.5 Å². The predicted octanol–water partition coefficient (Wildman–Crippen LogP) is 2.56. The third kappa shape index (κ3) is 3.74. The summed E-state index contributed by atoms with van der Waals surface area (Å²) in [5, 5.41) is 15.4. The second-order valence-corrected chi connectivity index (χ2v) is 8.48. The summed E-state index contributed by atoms with van der Waals surface area (Å²) in [4.78, 5) is 4.22. The molecule has 0 aromatic heterocycles. The first kappa shape index (κ1) is 18.0. The molecule has 0 saturated heterocycles. The van der Waals surface area contributed by atoms with Crippen molar-refractivity contribution in [3.63, 3.8) is 0 Å². The van der Waals surface area contributed by atoms with E-state index >= 15 is 0 Å². The summed E-state index contributed by atoms with van der Waals surface area (Å²) < 4.78 is 27.8. The van der Waals surface area contributed by atoms with E-state index in [1.54, 1.807) is 5.01 Å². The average molecular weight is 385 g/mol. The van der Waals surface area contributed by atoms with Crippen molar-refractivity contribution < 1.29 is 13.5 Å². The van der Waals surface area contributed by atoms with Gasteiger partial charge in [-0.3, -0.25) is 4.99 Å². The predicted molar refractivity (Wildman–Crippen MR) is 97.5 cm³/mol. The van der Waals surface area contributed by atoms with Gasteiger partial charge in [-0.15, -0.1) is 0 Å². The van der Waals surface area contributed by atoms with Crippen LogP contribution in [-0.4, -0.2) is 43.8 Å². The highest BCUT2D eigenvalue weighted by Crippen LogP contribution is 2.40. The highest BCUT2D eigenvalue weighted by molar-refractivity contribution is 7.90. The fraction of sp³-hybridized carbons (Fsp3) is 0.500. The molecule has 0 amide bonds. The zero-order valence-electron chi connectivity index (χ0n) is 13.9. The molecule has 9 heteroatoms. The Morgan fingerprint density at radius 3 is 2.80 bits per heavy atom. The molecule has 1 aliphatic carbocycles. The van der Waals surface area contributed by atoms with Crippen LogP contribution in [0.4, 0.5) is 0 Å². The van der Waals surface area contributed by atoms with Gasteiger partial charge in [-0.05, 0) is 38.0 Å². The molecule has 0 bridgehead atoms. The van der Waals surface area contributed by atoms with Gasteiger partial charge in [0.15, 0.2) is 0 Å². The fourth-order valence-electron chi connectivity index (χ4n) is 3.22. The lowest BCUT2D eigenvalue weighted by atomic mass is 9.88.